The molecule has 0 aliphatic rings. The Balaban J connectivity index is 2.02. The van der Waals surface area contributed by atoms with Crippen LogP contribution in [0.1, 0.15) is 5.56 Å². The second-order valence-corrected chi connectivity index (χ2v) is 4.09. The van der Waals surface area contributed by atoms with E-state index in [-0.39, 0.29) is 0 Å². The van der Waals surface area contributed by atoms with Crippen LogP contribution in [0.15, 0.2) is 30.5 Å². The molecule has 0 aliphatic carbocycles. The average Bonchev–Trinajstić information content (AvgIpc) is 2.68. The van der Waals surface area contributed by atoms with Crippen LogP contribution in [0.3, 0.4) is 0 Å². The van der Waals surface area contributed by atoms with Crippen LogP contribution in [0.5, 0.6) is 0 Å². The zero-order valence-corrected chi connectivity index (χ0v) is 9.52. The van der Waals surface area contributed by atoms with Gasteiger partial charge in [-0.3, -0.25) is 0 Å². The summed E-state index contributed by atoms with van der Waals surface area (Å²) in [5, 5.41) is 3.64. The van der Waals surface area contributed by atoms with E-state index < -0.39 is 0 Å². The van der Waals surface area contributed by atoms with E-state index in [2.05, 4.69) is 40.8 Å². The quantitative estimate of drug-likeness (QED) is 0.567. The van der Waals surface area contributed by atoms with Crippen molar-refractivity contribution >= 4 is 23.5 Å². The van der Waals surface area contributed by atoms with E-state index >= 15 is 0 Å². The normalized spacial score (nSPS) is 11.0. The number of hydrogen-bond acceptors (Lipinski definition) is 1. The first-order valence-corrected chi connectivity index (χ1v) is 5.94. The van der Waals surface area contributed by atoms with Crippen molar-refractivity contribution in [3.8, 4) is 0 Å². The third-order valence-electron chi connectivity index (χ3n) is 2.61. The number of hydrogen-bond donors (Lipinski definition) is 2. The fourth-order valence-electron chi connectivity index (χ4n) is 1.82. The van der Waals surface area contributed by atoms with E-state index in [0.29, 0.717) is 0 Å². The minimum Gasteiger partial charge on any atom is -0.787 e. The zero-order chi connectivity index (χ0) is 10.5. The number of quaternary nitrogens is 1. The molecule has 2 rings (SSSR count). The fourth-order valence-corrected chi connectivity index (χ4v) is 1.99. The molecular weight excluding hydrogens is 204 g/mol. The summed E-state index contributed by atoms with van der Waals surface area (Å²) in [5.74, 6) is 0.841. The van der Waals surface area contributed by atoms with E-state index in [9.17, 15) is 0 Å². The molecule has 2 nitrogen and oxygen atoms in total. The van der Waals surface area contributed by atoms with Crippen molar-refractivity contribution in [3.05, 3.63) is 36.0 Å². The van der Waals surface area contributed by atoms with E-state index in [1.54, 1.807) is 0 Å². The highest BCUT2D eigenvalue weighted by Crippen LogP contribution is 2.17. The molecule has 1 aromatic carbocycles. The molecule has 0 unspecified atom stereocenters. The summed E-state index contributed by atoms with van der Waals surface area (Å²) in [6.45, 7) is 2.18. The predicted octanol–water partition coefficient (Wildman–Crippen LogP) is 0.821. The topological polar surface area (TPSA) is 32.4 Å². The Hall–Kier alpha value is -0.930. The van der Waals surface area contributed by atoms with Crippen molar-refractivity contribution in [2.45, 2.75) is 6.42 Å². The summed E-state index contributed by atoms with van der Waals surface area (Å²) in [5.41, 5.74) is 2.64. The van der Waals surface area contributed by atoms with Gasteiger partial charge in [-0.2, -0.15) is 0 Å². The van der Waals surface area contributed by atoms with Crippen LogP contribution in [0.4, 0.5) is 0 Å². The number of fused-ring (bicyclic) bond motifs is 1. The number of aromatic nitrogens is 1. The van der Waals surface area contributed by atoms with Crippen molar-refractivity contribution in [2.75, 3.05) is 18.8 Å². The molecule has 80 valence electrons. The number of nitrogens with two attached hydrogens (primary N) is 1. The summed E-state index contributed by atoms with van der Waals surface area (Å²) in [4.78, 5) is 3.29. The number of nitrogens with one attached hydrogen (secondary N) is 1. The lowest BCUT2D eigenvalue weighted by Crippen LogP contribution is -2.85. The van der Waals surface area contributed by atoms with Gasteiger partial charge in [-0.15, -0.1) is 5.75 Å². The summed E-state index contributed by atoms with van der Waals surface area (Å²) >= 11 is 4.90. The van der Waals surface area contributed by atoms with Gasteiger partial charge in [0.25, 0.3) is 0 Å². The summed E-state index contributed by atoms with van der Waals surface area (Å²) in [7, 11) is 0. The Bertz CT molecular complexity index is 422. The van der Waals surface area contributed by atoms with Gasteiger partial charge in [-0.25, -0.2) is 0 Å². The van der Waals surface area contributed by atoms with E-state index in [0.717, 1.165) is 25.3 Å². The molecule has 0 saturated heterocycles. The van der Waals surface area contributed by atoms with E-state index in [4.69, 9.17) is 12.6 Å². The average molecular weight is 220 g/mol. The standard InChI is InChI=1S/C12H16N2S/c15-8-7-13-6-5-10-9-14-12-4-2-1-3-11(10)12/h1-4,9,13-15H,5-8H2. The first-order chi connectivity index (χ1) is 7.42. The van der Waals surface area contributed by atoms with Gasteiger partial charge in [0.2, 0.25) is 0 Å². The third-order valence-corrected chi connectivity index (χ3v) is 2.85. The first-order valence-electron chi connectivity index (χ1n) is 5.36. The highest BCUT2D eigenvalue weighted by Gasteiger charge is 2.02. The Morgan fingerprint density at radius 2 is 2.07 bits per heavy atom. The van der Waals surface area contributed by atoms with Crippen LogP contribution in [0.2, 0.25) is 0 Å². The van der Waals surface area contributed by atoms with E-state index in [1.807, 2.05) is 0 Å². The zero-order valence-electron chi connectivity index (χ0n) is 8.70. The molecule has 2 aromatic rings. The van der Waals surface area contributed by atoms with Crippen LogP contribution < -0.4 is 5.32 Å². The lowest BCUT2D eigenvalue weighted by atomic mass is 10.1. The lowest BCUT2D eigenvalue weighted by Gasteiger charge is -2.02. The van der Waals surface area contributed by atoms with Crippen LogP contribution >= 0.6 is 0 Å². The van der Waals surface area contributed by atoms with Gasteiger partial charge < -0.3 is 22.9 Å². The monoisotopic (exact) mass is 220 g/mol. The molecule has 0 amide bonds. The molecule has 15 heavy (non-hydrogen) atoms. The Morgan fingerprint density at radius 1 is 1.20 bits per heavy atom. The lowest BCUT2D eigenvalue weighted by molar-refractivity contribution is -0.650. The van der Waals surface area contributed by atoms with Gasteiger partial charge >= 0.3 is 0 Å². The molecule has 0 spiro atoms. The largest absolute Gasteiger partial charge is 0.787 e. The highest BCUT2D eigenvalue weighted by atomic mass is 32.1. The number of rotatable bonds is 5. The maximum atomic E-state index is 4.90. The van der Waals surface area contributed by atoms with Crippen LogP contribution in [0, 0.1) is 0 Å². The van der Waals surface area contributed by atoms with Crippen molar-refractivity contribution in [1.29, 1.82) is 0 Å². The van der Waals surface area contributed by atoms with Crippen LogP contribution in [0.25, 0.3) is 10.9 Å². The Labute approximate surface area is 95.5 Å². The second-order valence-electron chi connectivity index (χ2n) is 3.68. The maximum absolute atomic E-state index is 4.90. The molecule has 0 aliphatic heterocycles. The number of benzene rings is 1. The molecule has 0 saturated carbocycles. The summed E-state index contributed by atoms with van der Waals surface area (Å²) < 4.78 is 0. The molecule has 0 bridgehead atoms. The third kappa shape index (κ3) is 2.55. The molecule has 0 fully saturated rings. The smallest absolute Gasteiger partial charge is 0.0796 e. The molecule has 3 N–H and O–H groups in total. The van der Waals surface area contributed by atoms with Crippen molar-refractivity contribution in [3.63, 3.8) is 0 Å². The molecule has 3 heteroatoms. The molecular formula is C12H16N2S. The number of aromatic amines is 1. The minimum atomic E-state index is 0.841. The van der Waals surface area contributed by atoms with Gasteiger partial charge in [0.1, 0.15) is 0 Å². The van der Waals surface area contributed by atoms with Crippen molar-refractivity contribution in [2.24, 2.45) is 0 Å². The molecule has 1 heterocycles. The predicted molar refractivity (Wildman–Crippen MR) is 65.9 cm³/mol. The number of H-pyrrole nitrogens is 1. The van der Waals surface area contributed by atoms with Crippen molar-refractivity contribution < 1.29 is 5.32 Å². The van der Waals surface area contributed by atoms with Gasteiger partial charge in [-0.1, -0.05) is 18.2 Å². The molecule has 0 radical (unpaired) electrons. The van der Waals surface area contributed by atoms with Crippen LogP contribution in [-0.2, 0) is 19.0 Å². The van der Waals surface area contributed by atoms with Gasteiger partial charge in [0, 0.05) is 23.5 Å². The Kier molecular flexibility index (Phi) is 3.69. The Morgan fingerprint density at radius 3 is 2.93 bits per heavy atom. The van der Waals surface area contributed by atoms with Gasteiger partial charge in [-0.05, 0) is 11.6 Å². The highest BCUT2D eigenvalue weighted by molar-refractivity contribution is 7.58. The summed E-state index contributed by atoms with van der Waals surface area (Å²) in [6.07, 6.45) is 3.23. The molecule has 1 aromatic heterocycles. The van der Waals surface area contributed by atoms with Gasteiger partial charge in [0.15, 0.2) is 0 Å². The van der Waals surface area contributed by atoms with Crippen molar-refractivity contribution in [1.82, 2.24) is 4.98 Å². The first kappa shape index (κ1) is 10.6. The van der Waals surface area contributed by atoms with Gasteiger partial charge in [0.05, 0.1) is 13.1 Å². The van der Waals surface area contributed by atoms with Crippen LogP contribution in [-0.4, -0.2) is 23.8 Å². The second kappa shape index (κ2) is 5.24. The molecule has 0 atom stereocenters. The minimum absolute atomic E-state index is 0.841. The maximum Gasteiger partial charge on any atom is 0.0796 e. The summed E-state index contributed by atoms with van der Waals surface area (Å²) in [6, 6.07) is 8.44. The fraction of sp³-hybridized carbons (Fsp3) is 0.333. The van der Waals surface area contributed by atoms with E-state index in [1.165, 1.54) is 16.5 Å². The number of para-hydroxylation sites is 1. The SMILES string of the molecule is [S-]CC[NH2+]CCc1c[nH]c2ccccc12.